The zero-order chi connectivity index (χ0) is 16.8. The number of hydrogen-bond acceptors (Lipinski definition) is 3. The van der Waals surface area contributed by atoms with E-state index in [1.54, 1.807) is 0 Å². The minimum atomic E-state index is -0.485. The molecule has 0 aliphatic heterocycles. The smallest absolute Gasteiger partial charge is 0.274 e. The maximum atomic E-state index is 12.7. The average molecular weight is 352 g/mol. The molecule has 5 nitrogen and oxygen atoms in total. The molecular weight excluding hydrogens is 337 g/mol. The van der Waals surface area contributed by atoms with E-state index >= 15 is 0 Å². The summed E-state index contributed by atoms with van der Waals surface area (Å²) in [6.07, 6.45) is 0.0523. The monoisotopic (exact) mass is 351 g/mol. The van der Waals surface area contributed by atoms with Crippen molar-refractivity contribution >= 4 is 35.0 Å². The Labute approximate surface area is 144 Å². The van der Waals surface area contributed by atoms with Gasteiger partial charge in [0.15, 0.2) is 0 Å². The van der Waals surface area contributed by atoms with Crippen molar-refractivity contribution < 1.29 is 9.59 Å². The zero-order valence-electron chi connectivity index (χ0n) is 12.2. The summed E-state index contributed by atoms with van der Waals surface area (Å²) in [4.78, 5) is 29.2. The number of rotatable bonds is 6. The van der Waals surface area contributed by atoms with Crippen LogP contribution in [0.2, 0.25) is 10.2 Å². The van der Waals surface area contributed by atoms with E-state index in [9.17, 15) is 9.59 Å². The summed E-state index contributed by atoms with van der Waals surface area (Å²) >= 11 is 11.9. The summed E-state index contributed by atoms with van der Waals surface area (Å²) in [5.41, 5.74) is 6.16. The lowest BCUT2D eigenvalue weighted by atomic mass is 10.2. The van der Waals surface area contributed by atoms with Crippen molar-refractivity contribution in [2.24, 2.45) is 5.73 Å². The number of nitrogens with two attached hydrogens (primary N) is 1. The molecule has 0 radical (unpaired) electrons. The van der Waals surface area contributed by atoms with Gasteiger partial charge in [-0.2, -0.15) is 0 Å². The predicted octanol–water partition coefficient (Wildman–Crippen LogP) is 2.91. The number of carbonyl (C=O) groups is 2. The lowest BCUT2D eigenvalue weighted by molar-refractivity contribution is -0.118. The molecule has 2 N–H and O–H groups in total. The molecule has 1 aromatic heterocycles. The molecule has 0 aliphatic carbocycles. The third-order valence-electron chi connectivity index (χ3n) is 3.15. The maximum absolute atomic E-state index is 12.7. The standard InChI is InChI=1S/C16H15Cl2N3O2/c17-12-6-7-13(18)20-15(12)16(23)21(9-8-14(19)22)10-11-4-2-1-3-5-11/h1-7H,8-10H2,(H2,19,22). The third-order valence-corrected chi connectivity index (χ3v) is 3.66. The van der Waals surface area contributed by atoms with Gasteiger partial charge in [0, 0.05) is 19.5 Å². The Morgan fingerprint density at radius 2 is 1.78 bits per heavy atom. The molecule has 0 fully saturated rings. The number of hydrogen-bond donors (Lipinski definition) is 1. The van der Waals surface area contributed by atoms with Gasteiger partial charge in [0.1, 0.15) is 10.8 Å². The Morgan fingerprint density at radius 1 is 1.09 bits per heavy atom. The lowest BCUT2D eigenvalue weighted by Crippen LogP contribution is -2.34. The van der Waals surface area contributed by atoms with Gasteiger partial charge in [-0.05, 0) is 17.7 Å². The fraction of sp³-hybridized carbons (Fsp3) is 0.188. The molecule has 0 saturated heterocycles. The SMILES string of the molecule is NC(=O)CCN(Cc1ccccc1)C(=O)c1nc(Cl)ccc1Cl. The molecule has 0 atom stereocenters. The van der Waals surface area contributed by atoms with Crippen LogP contribution in [0.5, 0.6) is 0 Å². The van der Waals surface area contributed by atoms with Gasteiger partial charge >= 0.3 is 0 Å². The largest absolute Gasteiger partial charge is 0.370 e. The van der Waals surface area contributed by atoms with Gasteiger partial charge in [0.2, 0.25) is 5.91 Å². The molecule has 2 aromatic rings. The van der Waals surface area contributed by atoms with Crippen molar-refractivity contribution in [1.29, 1.82) is 0 Å². The molecule has 0 unspecified atom stereocenters. The van der Waals surface area contributed by atoms with Crippen molar-refractivity contribution in [3.05, 3.63) is 63.9 Å². The summed E-state index contributed by atoms with van der Waals surface area (Å²) in [6, 6.07) is 12.4. The quantitative estimate of drug-likeness (QED) is 0.812. The number of nitrogens with zero attached hydrogens (tertiary/aromatic N) is 2. The molecular formula is C16H15Cl2N3O2. The van der Waals surface area contributed by atoms with Crippen LogP contribution in [0.4, 0.5) is 0 Å². The Bertz CT molecular complexity index is 708. The first-order valence-corrected chi connectivity index (χ1v) is 7.66. The molecule has 0 aliphatic rings. The molecule has 1 aromatic carbocycles. The average Bonchev–Trinajstić information content (AvgIpc) is 2.54. The number of halogens is 2. The fourth-order valence-electron chi connectivity index (χ4n) is 2.02. The van der Waals surface area contributed by atoms with Crippen LogP contribution in [0.25, 0.3) is 0 Å². The van der Waals surface area contributed by atoms with E-state index in [1.165, 1.54) is 17.0 Å². The van der Waals surface area contributed by atoms with Crippen molar-refractivity contribution in [2.45, 2.75) is 13.0 Å². The normalized spacial score (nSPS) is 10.3. The molecule has 2 amide bonds. The molecule has 120 valence electrons. The first-order valence-electron chi connectivity index (χ1n) is 6.91. The van der Waals surface area contributed by atoms with Gasteiger partial charge < -0.3 is 10.6 Å². The van der Waals surface area contributed by atoms with Crippen LogP contribution >= 0.6 is 23.2 Å². The summed E-state index contributed by atoms with van der Waals surface area (Å²) < 4.78 is 0. The van der Waals surface area contributed by atoms with E-state index in [1.807, 2.05) is 30.3 Å². The second-order valence-electron chi connectivity index (χ2n) is 4.89. The van der Waals surface area contributed by atoms with Gasteiger partial charge in [-0.25, -0.2) is 4.98 Å². The van der Waals surface area contributed by atoms with Crippen LogP contribution < -0.4 is 5.73 Å². The third kappa shape index (κ3) is 4.94. The minimum Gasteiger partial charge on any atom is -0.370 e. The van der Waals surface area contributed by atoms with E-state index in [0.717, 1.165) is 5.56 Å². The summed E-state index contributed by atoms with van der Waals surface area (Å²) in [6.45, 7) is 0.491. The zero-order valence-corrected chi connectivity index (χ0v) is 13.7. The van der Waals surface area contributed by atoms with E-state index in [4.69, 9.17) is 28.9 Å². The highest BCUT2D eigenvalue weighted by Gasteiger charge is 2.21. The number of carbonyl (C=O) groups excluding carboxylic acids is 2. The van der Waals surface area contributed by atoms with Crippen LogP contribution in [-0.4, -0.2) is 28.2 Å². The number of aromatic nitrogens is 1. The minimum absolute atomic E-state index is 0.0523. The number of amides is 2. The Balaban J connectivity index is 2.26. The van der Waals surface area contributed by atoms with E-state index < -0.39 is 11.8 Å². The molecule has 7 heteroatoms. The van der Waals surface area contributed by atoms with Gasteiger partial charge in [-0.15, -0.1) is 0 Å². The van der Waals surface area contributed by atoms with Gasteiger partial charge in [0.05, 0.1) is 5.02 Å². The van der Waals surface area contributed by atoms with Crippen molar-refractivity contribution in [1.82, 2.24) is 9.88 Å². The molecule has 23 heavy (non-hydrogen) atoms. The topological polar surface area (TPSA) is 76.3 Å². The second kappa shape index (κ2) is 7.94. The van der Waals surface area contributed by atoms with Crippen LogP contribution in [0.15, 0.2) is 42.5 Å². The first-order chi connectivity index (χ1) is 11.0. The highest BCUT2D eigenvalue weighted by molar-refractivity contribution is 6.34. The molecule has 0 spiro atoms. The van der Waals surface area contributed by atoms with E-state index in [-0.39, 0.29) is 28.8 Å². The van der Waals surface area contributed by atoms with Crippen LogP contribution in [0.1, 0.15) is 22.5 Å². The number of pyridine rings is 1. The highest BCUT2D eigenvalue weighted by Crippen LogP contribution is 2.19. The van der Waals surface area contributed by atoms with E-state index in [2.05, 4.69) is 4.98 Å². The van der Waals surface area contributed by atoms with E-state index in [0.29, 0.717) is 6.54 Å². The molecule has 2 rings (SSSR count). The predicted molar refractivity (Wildman–Crippen MR) is 89.3 cm³/mol. The highest BCUT2D eigenvalue weighted by atomic mass is 35.5. The molecule has 0 bridgehead atoms. The molecule has 0 saturated carbocycles. The Kier molecular flexibility index (Phi) is 5.96. The number of primary amides is 1. The second-order valence-corrected chi connectivity index (χ2v) is 5.69. The van der Waals surface area contributed by atoms with Crippen molar-refractivity contribution in [3.8, 4) is 0 Å². The lowest BCUT2D eigenvalue weighted by Gasteiger charge is -2.22. The Hall–Kier alpha value is -2.11. The number of benzene rings is 1. The van der Waals surface area contributed by atoms with Crippen molar-refractivity contribution in [2.75, 3.05) is 6.54 Å². The van der Waals surface area contributed by atoms with Gasteiger partial charge in [0.25, 0.3) is 5.91 Å². The van der Waals surface area contributed by atoms with Crippen LogP contribution in [0, 0.1) is 0 Å². The van der Waals surface area contributed by atoms with Crippen LogP contribution in [0.3, 0.4) is 0 Å². The maximum Gasteiger partial charge on any atom is 0.274 e. The summed E-state index contributed by atoms with van der Waals surface area (Å²) in [5, 5.41) is 0.379. The first kappa shape index (κ1) is 17.2. The van der Waals surface area contributed by atoms with Crippen LogP contribution in [-0.2, 0) is 11.3 Å². The molecule has 1 heterocycles. The van der Waals surface area contributed by atoms with Gasteiger partial charge in [-0.1, -0.05) is 53.5 Å². The van der Waals surface area contributed by atoms with Gasteiger partial charge in [-0.3, -0.25) is 9.59 Å². The summed E-state index contributed by atoms with van der Waals surface area (Å²) in [7, 11) is 0. The van der Waals surface area contributed by atoms with Crippen molar-refractivity contribution in [3.63, 3.8) is 0 Å². The summed E-state index contributed by atoms with van der Waals surface area (Å²) in [5.74, 6) is -0.886. The fourth-order valence-corrected chi connectivity index (χ4v) is 2.35. The Morgan fingerprint density at radius 3 is 2.43 bits per heavy atom.